The van der Waals surface area contributed by atoms with Crippen molar-refractivity contribution in [2.45, 2.75) is 167 Å². The molecule has 0 radical (unpaired) electrons. The number of phosphoric acid groups is 1. The molecule has 0 aliphatic rings. The molecule has 0 aromatic carbocycles. The average molecular weight is 608 g/mol. The smallest absolute Gasteiger partial charge is 0.469 e. The number of carbonyl (C=O) groups excluding carboxylic acids is 2. The van der Waals surface area contributed by atoms with Crippen LogP contribution in [0, 0.1) is 0 Å². The molecule has 0 heterocycles. The molecular formula is C30H58NO9P. The molecule has 0 aromatic heterocycles. The molecule has 0 saturated carbocycles. The predicted octanol–water partition coefficient (Wildman–Crippen LogP) is 7.20. The second-order valence-electron chi connectivity index (χ2n) is 11.1. The van der Waals surface area contributed by atoms with E-state index in [-0.39, 0.29) is 18.8 Å². The second-order valence-corrected chi connectivity index (χ2v) is 12.3. The van der Waals surface area contributed by atoms with Crippen LogP contribution in [0.25, 0.3) is 0 Å². The van der Waals surface area contributed by atoms with Crippen molar-refractivity contribution < 1.29 is 43.1 Å². The molecule has 0 aliphatic carbocycles. The van der Waals surface area contributed by atoms with Crippen LogP contribution in [0.4, 0.5) is 0 Å². The van der Waals surface area contributed by atoms with Gasteiger partial charge in [-0.05, 0) is 19.3 Å². The lowest BCUT2D eigenvalue weighted by atomic mass is 10.0. The molecule has 10 nitrogen and oxygen atoms in total. The van der Waals surface area contributed by atoms with Crippen LogP contribution >= 0.6 is 7.82 Å². The third kappa shape index (κ3) is 27.1. The van der Waals surface area contributed by atoms with Gasteiger partial charge in [0.1, 0.15) is 12.1 Å². The van der Waals surface area contributed by atoms with Crippen LogP contribution in [-0.2, 0) is 28.2 Å². The zero-order valence-electron chi connectivity index (χ0n) is 25.7. The van der Waals surface area contributed by atoms with Gasteiger partial charge < -0.3 is 24.9 Å². The van der Waals surface area contributed by atoms with E-state index in [0.717, 1.165) is 44.9 Å². The highest BCUT2D eigenvalue weighted by molar-refractivity contribution is 7.46. The molecule has 0 aliphatic heterocycles. The van der Waals surface area contributed by atoms with Gasteiger partial charge in [0.2, 0.25) is 5.91 Å². The number of ether oxygens (including phenoxy) is 1. The molecule has 41 heavy (non-hydrogen) atoms. The van der Waals surface area contributed by atoms with Crippen molar-refractivity contribution in [3.8, 4) is 0 Å². The zero-order valence-corrected chi connectivity index (χ0v) is 26.6. The molecule has 0 saturated heterocycles. The van der Waals surface area contributed by atoms with Gasteiger partial charge in [0.05, 0.1) is 13.0 Å². The number of carbonyl (C=O) groups is 3. The molecule has 0 fully saturated rings. The number of rotatable bonds is 29. The summed E-state index contributed by atoms with van der Waals surface area (Å²) in [6.07, 6.45) is 20.2. The zero-order chi connectivity index (χ0) is 30.8. The normalized spacial score (nSPS) is 13.1. The maximum absolute atomic E-state index is 12.6. The fraction of sp³-hybridized carbons (Fsp3) is 0.900. The van der Waals surface area contributed by atoms with Crippen LogP contribution in [0.1, 0.15) is 155 Å². The van der Waals surface area contributed by atoms with Crippen LogP contribution in [0.2, 0.25) is 0 Å². The van der Waals surface area contributed by atoms with Gasteiger partial charge in [-0.1, -0.05) is 117 Å². The molecule has 0 aromatic rings. The molecule has 4 N–H and O–H groups in total. The van der Waals surface area contributed by atoms with Crippen molar-refractivity contribution in [2.75, 3.05) is 6.61 Å². The van der Waals surface area contributed by atoms with E-state index in [1.54, 1.807) is 0 Å². The lowest BCUT2D eigenvalue weighted by Gasteiger charge is -2.20. The van der Waals surface area contributed by atoms with E-state index in [0.29, 0.717) is 12.8 Å². The Morgan fingerprint density at radius 3 is 1.63 bits per heavy atom. The van der Waals surface area contributed by atoms with Crippen molar-refractivity contribution in [3.05, 3.63) is 0 Å². The largest absolute Gasteiger partial charge is 0.480 e. The number of hydrogen-bond acceptors (Lipinski definition) is 6. The Hall–Kier alpha value is -1.48. The summed E-state index contributed by atoms with van der Waals surface area (Å²) in [4.78, 5) is 54.3. The highest BCUT2D eigenvalue weighted by atomic mass is 31.2. The number of carboxylic acid groups (broad SMARTS) is 1. The van der Waals surface area contributed by atoms with E-state index in [4.69, 9.17) is 14.5 Å². The summed E-state index contributed by atoms with van der Waals surface area (Å²) < 4.78 is 20.8. The number of phosphoric ester groups is 1. The number of unbranched alkanes of at least 4 members (excludes halogenated alkanes) is 16. The van der Waals surface area contributed by atoms with Crippen molar-refractivity contribution in [3.63, 3.8) is 0 Å². The van der Waals surface area contributed by atoms with E-state index < -0.39 is 38.5 Å². The lowest BCUT2D eigenvalue weighted by Crippen LogP contribution is -2.43. The van der Waals surface area contributed by atoms with Gasteiger partial charge in [0.15, 0.2) is 0 Å². The summed E-state index contributed by atoms with van der Waals surface area (Å²) in [6, 6.07) is -1.37. The van der Waals surface area contributed by atoms with Gasteiger partial charge in [0, 0.05) is 12.8 Å². The molecule has 1 unspecified atom stereocenters. The number of nitrogens with one attached hydrogen (secondary N) is 1. The van der Waals surface area contributed by atoms with Crippen molar-refractivity contribution in [1.82, 2.24) is 5.32 Å². The number of hydrogen-bond donors (Lipinski definition) is 4. The van der Waals surface area contributed by atoms with Gasteiger partial charge in [-0.2, -0.15) is 0 Å². The first-order chi connectivity index (χ1) is 19.6. The fourth-order valence-corrected chi connectivity index (χ4v) is 5.06. The van der Waals surface area contributed by atoms with E-state index in [1.807, 2.05) is 0 Å². The Kier molecular flexibility index (Phi) is 25.2. The summed E-state index contributed by atoms with van der Waals surface area (Å²) in [6.45, 7) is 3.87. The number of esters is 1. The van der Waals surface area contributed by atoms with Gasteiger partial charge >= 0.3 is 19.8 Å². The number of aliphatic carboxylic acids is 1. The standard InChI is InChI=1S/C30H58NO9P/c1-3-5-7-9-11-13-15-17-19-21-26(40-29(33)22-20-18-16-14-12-10-8-6-4-2)25-28(32)31-27(30(34)35)23-24-39-41(36,37)38/h26-27H,3-25H2,1-2H3,(H,31,32)(H,34,35)(H2,36,37,38)/t26-,27?/m1/s1. The van der Waals surface area contributed by atoms with Crippen LogP contribution in [0.3, 0.4) is 0 Å². The summed E-state index contributed by atoms with van der Waals surface area (Å²) in [5, 5.41) is 11.7. The van der Waals surface area contributed by atoms with Crippen LogP contribution < -0.4 is 5.32 Å². The molecule has 242 valence electrons. The Morgan fingerprint density at radius 1 is 0.707 bits per heavy atom. The summed E-state index contributed by atoms with van der Waals surface area (Å²) >= 11 is 0. The monoisotopic (exact) mass is 607 g/mol. The van der Waals surface area contributed by atoms with E-state index in [2.05, 4.69) is 23.7 Å². The van der Waals surface area contributed by atoms with Crippen LogP contribution in [-0.4, -0.2) is 51.5 Å². The Balaban J connectivity index is 4.65. The highest BCUT2D eigenvalue weighted by Crippen LogP contribution is 2.35. The second kappa shape index (κ2) is 26.2. The number of amides is 1. The molecule has 11 heteroatoms. The third-order valence-electron chi connectivity index (χ3n) is 7.12. The topological polar surface area (TPSA) is 159 Å². The summed E-state index contributed by atoms with van der Waals surface area (Å²) in [5.41, 5.74) is 0. The highest BCUT2D eigenvalue weighted by Gasteiger charge is 2.25. The van der Waals surface area contributed by atoms with Crippen molar-refractivity contribution >= 4 is 25.7 Å². The van der Waals surface area contributed by atoms with E-state index in [9.17, 15) is 24.1 Å². The third-order valence-corrected chi connectivity index (χ3v) is 7.64. The first kappa shape index (κ1) is 39.5. The van der Waals surface area contributed by atoms with E-state index >= 15 is 0 Å². The minimum atomic E-state index is -4.74. The minimum absolute atomic E-state index is 0.163. The summed E-state index contributed by atoms with van der Waals surface area (Å²) in [7, 11) is -4.74. The average Bonchev–Trinajstić information content (AvgIpc) is 2.89. The molecular weight excluding hydrogens is 549 g/mol. The lowest BCUT2D eigenvalue weighted by molar-refractivity contribution is -0.151. The van der Waals surface area contributed by atoms with Crippen molar-refractivity contribution in [1.29, 1.82) is 0 Å². The minimum Gasteiger partial charge on any atom is -0.480 e. The maximum atomic E-state index is 12.6. The van der Waals surface area contributed by atoms with Gasteiger partial charge in [-0.25, -0.2) is 9.36 Å². The Morgan fingerprint density at radius 2 is 1.17 bits per heavy atom. The SMILES string of the molecule is CCCCCCCCCCCC(=O)O[C@H](CCCCCCCCCCC)CC(=O)NC(CCOP(=O)(O)O)C(=O)O. The van der Waals surface area contributed by atoms with Crippen LogP contribution in [0.15, 0.2) is 0 Å². The fourth-order valence-electron chi connectivity index (χ4n) is 4.72. The molecule has 0 spiro atoms. The molecule has 2 atom stereocenters. The molecule has 1 amide bonds. The Labute approximate surface area is 248 Å². The Bertz CT molecular complexity index is 729. The van der Waals surface area contributed by atoms with E-state index in [1.165, 1.54) is 70.6 Å². The predicted molar refractivity (Wildman–Crippen MR) is 160 cm³/mol. The van der Waals surface area contributed by atoms with Crippen LogP contribution in [0.5, 0.6) is 0 Å². The first-order valence-corrected chi connectivity index (χ1v) is 17.5. The molecule has 0 bridgehead atoms. The maximum Gasteiger partial charge on any atom is 0.469 e. The quantitative estimate of drug-likeness (QED) is 0.0392. The van der Waals surface area contributed by atoms with Gasteiger partial charge in [-0.15, -0.1) is 0 Å². The van der Waals surface area contributed by atoms with Gasteiger partial charge in [-0.3, -0.25) is 14.1 Å². The summed E-state index contributed by atoms with van der Waals surface area (Å²) in [5.74, 6) is -2.28. The van der Waals surface area contributed by atoms with Gasteiger partial charge in [0.25, 0.3) is 0 Å². The number of carboxylic acids is 1. The first-order valence-electron chi connectivity index (χ1n) is 16.0. The van der Waals surface area contributed by atoms with Crippen molar-refractivity contribution in [2.24, 2.45) is 0 Å². The molecule has 0 rings (SSSR count).